The van der Waals surface area contributed by atoms with Gasteiger partial charge in [0.25, 0.3) is 0 Å². The van der Waals surface area contributed by atoms with Gasteiger partial charge < -0.3 is 5.32 Å². The smallest absolute Gasteiger partial charge is 0.0221 e. The molecule has 2 atom stereocenters. The molecule has 0 aromatic rings. The lowest BCUT2D eigenvalue weighted by atomic mass is 10.1. The Balaban J connectivity index is 2.27. The molecule has 1 aliphatic heterocycles. The van der Waals surface area contributed by atoms with Crippen molar-refractivity contribution in [1.29, 1.82) is 0 Å². The molecule has 0 spiro atoms. The molecule has 1 saturated heterocycles. The van der Waals surface area contributed by atoms with E-state index in [2.05, 4.69) is 31.0 Å². The first kappa shape index (κ1) is 12.0. The third kappa shape index (κ3) is 3.58. The first-order chi connectivity index (χ1) is 6.77. The predicted molar refractivity (Wildman–Crippen MR) is 62.6 cm³/mol. The van der Waals surface area contributed by atoms with Gasteiger partial charge in [0, 0.05) is 19.1 Å². The summed E-state index contributed by atoms with van der Waals surface area (Å²) >= 11 is 0. The van der Waals surface area contributed by atoms with Crippen molar-refractivity contribution in [2.24, 2.45) is 5.92 Å². The Morgan fingerprint density at radius 3 is 2.86 bits per heavy atom. The molecule has 1 fully saturated rings. The second kappa shape index (κ2) is 6.41. The van der Waals surface area contributed by atoms with Crippen molar-refractivity contribution in [3.63, 3.8) is 0 Å². The van der Waals surface area contributed by atoms with Crippen LogP contribution in [0.5, 0.6) is 0 Å². The summed E-state index contributed by atoms with van der Waals surface area (Å²) in [6.45, 7) is 11.8. The molecule has 0 aromatic heterocycles. The van der Waals surface area contributed by atoms with E-state index >= 15 is 0 Å². The molecule has 1 N–H and O–H groups in total. The number of nitrogens with one attached hydrogen (secondary N) is 1. The Hall–Kier alpha value is -0.0800. The molecule has 0 aromatic carbocycles. The Morgan fingerprint density at radius 1 is 1.43 bits per heavy atom. The summed E-state index contributed by atoms with van der Waals surface area (Å²) in [5, 5.41) is 3.47. The van der Waals surface area contributed by atoms with Crippen molar-refractivity contribution in [2.75, 3.05) is 26.2 Å². The molecule has 2 unspecified atom stereocenters. The van der Waals surface area contributed by atoms with Gasteiger partial charge in [-0.3, -0.25) is 4.90 Å². The van der Waals surface area contributed by atoms with Crippen LogP contribution in [0.15, 0.2) is 0 Å². The van der Waals surface area contributed by atoms with E-state index < -0.39 is 0 Å². The van der Waals surface area contributed by atoms with Crippen LogP contribution in [0.2, 0.25) is 0 Å². The molecular formula is C12H26N2. The van der Waals surface area contributed by atoms with Crippen LogP contribution >= 0.6 is 0 Å². The van der Waals surface area contributed by atoms with E-state index in [9.17, 15) is 0 Å². The molecule has 1 heterocycles. The monoisotopic (exact) mass is 198 g/mol. The highest BCUT2D eigenvalue weighted by Gasteiger charge is 2.24. The maximum absolute atomic E-state index is 3.47. The second-order valence-electron chi connectivity index (χ2n) is 4.61. The standard InChI is InChI=1S/C12H26N2/c1-4-11(3)10-14-8-6-7-12(14)9-13-5-2/h11-13H,4-10H2,1-3H3. The predicted octanol–water partition coefficient (Wildman–Crippen LogP) is 2.11. The highest BCUT2D eigenvalue weighted by Crippen LogP contribution is 2.18. The topological polar surface area (TPSA) is 15.3 Å². The molecule has 1 aliphatic rings. The molecule has 0 bridgehead atoms. The summed E-state index contributed by atoms with van der Waals surface area (Å²) in [5.41, 5.74) is 0. The average molecular weight is 198 g/mol. The van der Waals surface area contributed by atoms with E-state index in [-0.39, 0.29) is 0 Å². The largest absolute Gasteiger partial charge is 0.315 e. The lowest BCUT2D eigenvalue weighted by Crippen LogP contribution is -2.39. The molecule has 0 aliphatic carbocycles. The number of nitrogens with zero attached hydrogens (tertiary/aromatic N) is 1. The number of rotatable bonds is 6. The summed E-state index contributed by atoms with van der Waals surface area (Å²) < 4.78 is 0. The normalized spacial score (nSPS) is 25.5. The fourth-order valence-corrected chi connectivity index (χ4v) is 2.21. The van der Waals surface area contributed by atoms with Crippen LogP contribution in [0.4, 0.5) is 0 Å². The Labute approximate surface area is 89.1 Å². The Bertz CT molecular complexity index is 147. The maximum atomic E-state index is 3.47. The van der Waals surface area contributed by atoms with E-state index in [0.29, 0.717) is 0 Å². The summed E-state index contributed by atoms with van der Waals surface area (Å²) in [7, 11) is 0. The van der Waals surface area contributed by atoms with Gasteiger partial charge in [-0.1, -0.05) is 27.2 Å². The van der Waals surface area contributed by atoms with Crippen LogP contribution in [0, 0.1) is 5.92 Å². The summed E-state index contributed by atoms with van der Waals surface area (Å²) in [6, 6.07) is 0.809. The zero-order valence-corrected chi connectivity index (χ0v) is 10.1. The average Bonchev–Trinajstić information content (AvgIpc) is 2.62. The van der Waals surface area contributed by atoms with Gasteiger partial charge >= 0.3 is 0 Å². The molecule has 2 nitrogen and oxygen atoms in total. The van der Waals surface area contributed by atoms with E-state index in [1.807, 2.05) is 0 Å². The van der Waals surface area contributed by atoms with Gasteiger partial charge in [0.15, 0.2) is 0 Å². The highest BCUT2D eigenvalue weighted by atomic mass is 15.2. The molecule has 2 heteroatoms. The lowest BCUT2D eigenvalue weighted by Gasteiger charge is -2.27. The van der Waals surface area contributed by atoms with Crippen LogP contribution in [-0.4, -0.2) is 37.1 Å². The van der Waals surface area contributed by atoms with E-state index in [1.54, 1.807) is 0 Å². The highest BCUT2D eigenvalue weighted by molar-refractivity contribution is 4.81. The Kier molecular flexibility index (Phi) is 5.49. The first-order valence-corrected chi connectivity index (χ1v) is 6.22. The third-order valence-corrected chi connectivity index (χ3v) is 3.37. The van der Waals surface area contributed by atoms with E-state index in [4.69, 9.17) is 0 Å². The zero-order chi connectivity index (χ0) is 10.4. The summed E-state index contributed by atoms with van der Waals surface area (Å²) in [6.07, 6.45) is 4.10. The fourth-order valence-electron chi connectivity index (χ4n) is 2.21. The van der Waals surface area contributed by atoms with E-state index in [0.717, 1.165) is 18.5 Å². The van der Waals surface area contributed by atoms with Crippen LogP contribution < -0.4 is 5.32 Å². The van der Waals surface area contributed by atoms with Crippen molar-refractivity contribution < 1.29 is 0 Å². The fraction of sp³-hybridized carbons (Fsp3) is 1.00. The van der Waals surface area contributed by atoms with Gasteiger partial charge in [0.1, 0.15) is 0 Å². The summed E-state index contributed by atoms with van der Waals surface area (Å²) in [5.74, 6) is 0.859. The molecule has 14 heavy (non-hydrogen) atoms. The van der Waals surface area contributed by atoms with Crippen molar-refractivity contribution in [3.8, 4) is 0 Å². The minimum atomic E-state index is 0.809. The van der Waals surface area contributed by atoms with Gasteiger partial charge in [0.05, 0.1) is 0 Å². The third-order valence-electron chi connectivity index (χ3n) is 3.37. The first-order valence-electron chi connectivity index (χ1n) is 6.22. The number of hydrogen-bond acceptors (Lipinski definition) is 2. The van der Waals surface area contributed by atoms with Crippen molar-refractivity contribution in [2.45, 2.75) is 46.1 Å². The molecule has 0 radical (unpaired) electrons. The quantitative estimate of drug-likeness (QED) is 0.703. The van der Waals surface area contributed by atoms with Gasteiger partial charge in [-0.15, -0.1) is 0 Å². The SMILES string of the molecule is CCNCC1CCCN1CC(C)CC. The van der Waals surface area contributed by atoms with Crippen molar-refractivity contribution in [1.82, 2.24) is 10.2 Å². The van der Waals surface area contributed by atoms with Crippen LogP contribution in [0.3, 0.4) is 0 Å². The van der Waals surface area contributed by atoms with Gasteiger partial charge in [-0.25, -0.2) is 0 Å². The van der Waals surface area contributed by atoms with Gasteiger partial charge in [-0.2, -0.15) is 0 Å². The minimum absolute atomic E-state index is 0.809. The van der Waals surface area contributed by atoms with Crippen LogP contribution in [0.1, 0.15) is 40.0 Å². The molecular weight excluding hydrogens is 172 g/mol. The van der Waals surface area contributed by atoms with Crippen LogP contribution in [0.25, 0.3) is 0 Å². The minimum Gasteiger partial charge on any atom is -0.315 e. The van der Waals surface area contributed by atoms with Gasteiger partial charge in [-0.05, 0) is 31.8 Å². The molecule has 0 saturated carbocycles. The van der Waals surface area contributed by atoms with Crippen LogP contribution in [-0.2, 0) is 0 Å². The molecule has 1 rings (SSSR count). The van der Waals surface area contributed by atoms with Crippen molar-refractivity contribution >= 4 is 0 Å². The second-order valence-corrected chi connectivity index (χ2v) is 4.61. The Morgan fingerprint density at radius 2 is 2.21 bits per heavy atom. The molecule has 0 amide bonds. The number of likely N-dealkylation sites (N-methyl/N-ethyl adjacent to an activating group) is 1. The van der Waals surface area contributed by atoms with Crippen molar-refractivity contribution in [3.05, 3.63) is 0 Å². The number of likely N-dealkylation sites (tertiary alicyclic amines) is 1. The summed E-state index contributed by atoms with van der Waals surface area (Å²) in [4.78, 5) is 2.68. The molecule has 84 valence electrons. The number of hydrogen-bond donors (Lipinski definition) is 1. The van der Waals surface area contributed by atoms with Gasteiger partial charge in [0.2, 0.25) is 0 Å². The van der Waals surface area contributed by atoms with E-state index in [1.165, 1.54) is 38.9 Å². The zero-order valence-electron chi connectivity index (χ0n) is 10.1. The maximum Gasteiger partial charge on any atom is 0.0221 e. The lowest BCUT2D eigenvalue weighted by molar-refractivity contribution is 0.214.